The van der Waals surface area contributed by atoms with Gasteiger partial charge >= 0.3 is 0 Å². The highest BCUT2D eigenvalue weighted by Gasteiger charge is 2.22. The van der Waals surface area contributed by atoms with Gasteiger partial charge < -0.3 is 15.0 Å². The number of amides is 2. The Balaban J connectivity index is 1.22. The van der Waals surface area contributed by atoms with Crippen molar-refractivity contribution in [3.05, 3.63) is 80.8 Å². The molecular formula is C25H27ClN4O3S. The maximum Gasteiger partial charge on any atom is 0.263 e. The van der Waals surface area contributed by atoms with Crippen LogP contribution in [0, 0.1) is 6.92 Å². The van der Waals surface area contributed by atoms with E-state index in [1.165, 1.54) is 16.9 Å². The first-order valence-corrected chi connectivity index (χ1v) is 12.3. The molecule has 4 rings (SSSR count). The van der Waals surface area contributed by atoms with Gasteiger partial charge in [0.15, 0.2) is 0 Å². The molecule has 0 aliphatic carbocycles. The van der Waals surface area contributed by atoms with Gasteiger partial charge in [-0.2, -0.15) is 0 Å². The van der Waals surface area contributed by atoms with Crippen molar-refractivity contribution < 1.29 is 14.3 Å². The highest BCUT2D eigenvalue weighted by molar-refractivity contribution is 7.13. The monoisotopic (exact) mass is 498 g/mol. The molecule has 0 radical (unpaired) electrons. The first-order valence-electron chi connectivity index (χ1n) is 11.1. The van der Waals surface area contributed by atoms with Crippen molar-refractivity contribution in [3.63, 3.8) is 0 Å². The van der Waals surface area contributed by atoms with Gasteiger partial charge in [-0.3, -0.25) is 14.5 Å². The highest BCUT2D eigenvalue weighted by Crippen LogP contribution is 2.21. The van der Waals surface area contributed by atoms with Crippen molar-refractivity contribution >= 4 is 34.8 Å². The van der Waals surface area contributed by atoms with Crippen LogP contribution in [-0.4, -0.2) is 59.3 Å². The second-order valence-electron chi connectivity index (χ2n) is 8.09. The van der Waals surface area contributed by atoms with Crippen LogP contribution in [0.5, 0.6) is 5.75 Å². The Hall–Kier alpha value is -2.94. The van der Waals surface area contributed by atoms with Gasteiger partial charge in [0, 0.05) is 37.7 Å². The minimum atomic E-state index is -0.288. The number of benzene rings is 2. The maximum absolute atomic E-state index is 12.7. The number of carbonyl (C=O) groups excluding carboxylic acids is 2. The molecule has 2 heterocycles. The van der Waals surface area contributed by atoms with Crippen LogP contribution in [0.15, 0.2) is 54.6 Å². The molecule has 1 aromatic heterocycles. The summed E-state index contributed by atoms with van der Waals surface area (Å²) in [6, 6.07) is 17.4. The van der Waals surface area contributed by atoms with E-state index in [0.29, 0.717) is 39.4 Å². The zero-order valence-electron chi connectivity index (χ0n) is 19.0. The fraction of sp³-hybridized carbons (Fsp3) is 0.320. The number of nitrogens with zero attached hydrogens (tertiary/aromatic N) is 3. The molecule has 0 unspecified atom stereocenters. The molecule has 1 aliphatic heterocycles. The fourth-order valence-electron chi connectivity index (χ4n) is 3.75. The largest absolute Gasteiger partial charge is 0.486 e. The summed E-state index contributed by atoms with van der Waals surface area (Å²) in [4.78, 5) is 34.4. The van der Waals surface area contributed by atoms with Gasteiger partial charge in [-0.15, -0.1) is 11.3 Å². The molecular weight excluding hydrogens is 472 g/mol. The van der Waals surface area contributed by atoms with Gasteiger partial charge in [0.05, 0.1) is 12.2 Å². The summed E-state index contributed by atoms with van der Waals surface area (Å²) in [7, 11) is 0. The lowest BCUT2D eigenvalue weighted by molar-refractivity contribution is -0.131. The quantitative estimate of drug-likeness (QED) is 0.512. The Morgan fingerprint density at radius 1 is 1.06 bits per heavy atom. The molecule has 0 saturated carbocycles. The molecule has 1 fully saturated rings. The van der Waals surface area contributed by atoms with Gasteiger partial charge in [-0.05, 0) is 36.8 Å². The molecule has 2 amide bonds. The van der Waals surface area contributed by atoms with Crippen LogP contribution in [0.4, 0.5) is 0 Å². The van der Waals surface area contributed by atoms with E-state index < -0.39 is 0 Å². The van der Waals surface area contributed by atoms with E-state index >= 15 is 0 Å². The minimum absolute atomic E-state index is 0.0224. The number of hydrogen-bond acceptors (Lipinski definition) is 6. The molecule has 7 nitrogen and oxygen atoms in total. The van der Waals surface area contributed by atoms with E-state index in [1.807, 2.05) is 23.1 Å². The van der Waals surface area contributed by atoms with E-state index in [4.69, 9.17) is 16.3 Å². The maximum atomic E-state index is 12.7. The van der Waals surface area contributed by atoms with Crippen LogP contribution >= 0.6 is 22.9 Å². The molecule has 3 aromatic rings. The van der Waals surface area contributed by atoms with E-state index in [0.717, 1.165) is 19.6 Å². The summed E-state index contributed by atoms with van der Waals surface area (Å²) < 4.78 is 5.71. The van der Waals surface area contributed by atoms with Gasteiger partial charge in [0.1, 0.15) is 22.2 Å². The molecule has 0 bridgehead atoms. The number of aromatic nitrogens is 1. The minimum Gasteiger partial charge on any atom is -0.486 e. The van der Waals surface area contributed by atoms with Crippen molar-refractivity contribution in [1.82, 2.24) is 20.1 Å². The molecule has 178 valence electrons. The molecule has 9 heteroatoms. The number of thiazole rings is 1. The van der Waals surface area contributed by atoms with Crippen LogP contribution in [0.1, 0.15) is 25.9 Å². The molecule has 0 atom stereocenters. The fourth-order valence-corrected chi connectivity index (χ4v) is 4.77. The van der Waals surface area contributed by atoms with Crippen molar-refractivity contribution in [2.75, 3.05) is 32.7 Å². The summed E-state index contributed by atoms with van der Waals surface area (Å²) in [5.41, 5.74) is 1.89. The number of piperazine rings is 1. The number of ether oxygens (including phenoxy) is 1. The van der Waals surface area contributed by atoms with E-state index in [2.05, 4.69) is 27.3 Å². The van der Waals surface area contributed by atoms with Crippen LogP contribution in [0.3, 0.4) is 0 Å². The van der Waals surface area contributed by atoms with Gasteiger partial charge in [0.25, 0.3) is 5.91 Å². The van der Waals surface area contributed by atoms with Gasteiger partial charge in [0.2, 0.25) is 5.91 Å². The number of rotatable bonds is 8. The summed E-state index contributed by atoms with van der Waals surface area (Å²) in [5, 5.41) is 4.08. The molecule has 34 heavy (non-hydrogen) atoms. The normalized spacial score (nSPS) is 14.1. The third-order valence-corrected chi connectivity index (χ3v) is 6.98. The lowest BCUT2D eigenvalue weighted by Crippen LogP contribution is -2.50. The number of carbonyl (C=O) groups is 2. The second kappa shape index (κ2) is 11.5. The Kier molecular flexibility index (Phi) is 8.16. The topological polar surface area (TPSA) is 74.8 Å². The molecule has 1 aliphatic rings. The van der Waals surface area contributed by atoms with Gasteiger partial charge in [-0.25, -0.2) is 4.98 Å². The van der Waals surface area contributed by atoms with Gasteiger partial charge in [-0.1, -0.05) is 41.9 Å². The molecule has 0 spiro atoms. The predicted octanol–water partition coefficient (Wildman–Crippen LogP) is 3.76. The molecule has 2 aromatic carbocycles. The number of hydrogen-bond donors (Lipinski definition) is 1. The first kappa shape index (κ1) is 24.2. The standard InChI is InChI=1S/C25H27ClN4O3S/c1-18-24(34-22(28-18)17-33-21-9-7-20(26)8-10-21)25(32)27-15-23(31)30-13-11-29(12-14-30)16-19-5-3-2-4-6-19/h2-10H,11-17H2,1H3,(H,27,32). The SMILES string of the molecule is Cc1nc(COc2ccc(Cl)cc2)sc1C(=O)NCC(=O)N1CCN(Cc2ccccc2)CC1. The van der Waals surface area contributed by atoms with E-state index in [9.17, 15) is 9.59 Å². The van der Waals surface area contributed by atoms with Crippen LogP contribution in [-0.2, 0) is 17.9 Å². The highest BCUT2D eigenvalue weighted by atomic mass is 35.5. The Morgan fingerprint density at radius 3 is 2.47 bits per heavy atom. The van der Waals surface area contributed by atoms with E-state index in [1.54, 1.807) is 31.2 Å². The number of halogens is 1. The lowest BCUT2D eigenvalue weighted by Gasteiger charge is -2.34. The second-order valence-corrected chi connectivity index (χ2v) is 9.61. The first-order chi connectivity index (χ1) is 16.5. The zero-order valence-corrected chi connectivity index (χ0v) is 20.6. The Labute approximate surface area is 208 Å². The average molecular weight is 499 g/mol. The molecule has 1 saturated heterocycles. The van der Waals surface area contributed by atoms with Crippen LogP contribution in [0.2, 0.25) is 5.02 Å². The summed E-state index contributed by atoms with van der Waals surface area (Å²) in [6.45, 7) is 5.86. The van der Waals surface area contributed by atoms with Crippen molar-refractivity contribution in [2.24, 2.45) is 0 Å². The van der Waals surface area contributed by atoms with Crippen molar-refractivity contribution in [3.8, 4) is 5.75 Å². The summed E-state index contributed by atoms with van der Waals surface area (Å²) in [6.07, 6.45) is 0. The smallest absolute Gasteiger partial charge is 0.263 e. The number of nitrogens with one attached hydrogen (secondary N) is 1. The van der Waals surface area contributed by atoms with Crippen molar-refractivity contribution in [1.29, 1.82) is 0 Å². The zero-order chi connectivity index (χ0) is 23.9. The molecule has 1 N–H and O–H groups in total. The third-order valence-electron chi connectivity index (χ3n) is 5.60. The summed E-state index contributed by atoms with van der Waals surface area (Å²) in [5.74, 6) is 0.322. The lowest BCUT2D eigenvalue weighted by atomic mass is 10.2. The van der Waals surface area contributed by atoms with Crippen molar-refractivity contribution in [2.45, 2.75) is 20.1 Å². The average Bonchev–Trinajstić information content (AvgIpc) is 3.23. The summed E-state index contributed by atoms with van der Waals surface area (Å²) >= 11 is 7.16. The van der Waals surface area contributed by atoms with E-state index in [-0.39, 0.29) is 25.0 Å². The Morgan fingerprint density at radius 2 is 1.76 bits per heavy atom. The van der Waals surface area contributed by atoms with Crippen LogP contribution in [0.25, 0.3) is 0 Å². The number of aryl methyl sites for hydroxylation is 1. The predicted molar refractivity (Wildman–Crippen MR) is 133 cm³/mol. The Bertz CT molecular complexity index is 1110. The van der Waals surface area contributed by atoms with Crippen LogP contribution < -0.4 is 10.1 Å². The third kappa shape index (κ3) is 6.56.